The summed E-state index contributed by atoms with van der Waals surface area (Å²) in [5.41, 5.74) is 2.76. The lowest BCUT2D eigenvalue weighted by molar-refractivity contribution is 0.0755. The summed E-state index contributed by atoms with van der Waals surface area (Å²) in [5.74, 6) is -0.148. The van der Waals surface area contributed by atoms with Crippen molar-refractivity contribution in [2.75, 3.05) is 20.1 Å². The lowest BCUT2D eigenvalue weighted by atomic mass is 9.96. The second-order valence-corrected chi connectivity index (χ2v) is 11.7. The van der Waals surface area contributed by atoms with E-state index in [-0.39, 0.29) is 10.8 Å². The van der Waals surface area contributed by atoms with Crippen molar-refractivity contribution in [2.24, 2.45) is 5.41 Å². The number of carbonyl (C=O) groups excluding carboxylic acids is 1. The van der Waals surface area contributed by atoms with Crippen LogP contribution in [0.5, 0.6) is 0 Å². The van der Waals surface area contributed by atoms with E-state index in [2.05, 4.69) is 23.1 Å². The Balaban J connectivity index is 1.62. The van der Waals surface area contributed by atoms with E-state index >= 15 is 0 Å². The minimum absolute atomic E-state index is 0.148. The summed E-state index contributed by atoms with van der Waals surface area (Å²) < 4.78 is 30.3. The molecule has 0 radical (unpaired) electrons. The first-order valence-corrected chi connectivity index (χ1v) is 12.8. The third kappa shape index (κ3) is 3.67. The molecule has 1 aliphatic rings. The topological polar surface area (TPSA) is 77.2 Å². The van der Waals surface area contributed by atoms with Gasteiger partial charge >= 0.3 is 0 Å². The lowest BCUT2D eigenvalue weighted by Gasteiger charge is -2.21. The average Bonchev–Trinajstić information content (AvgIpc) is 3.40. The van der Waals surface area contributed by atoms with Gasteiger partial charge in [-0.1, -0.05) is 45.0 Å². The van der Waals surface area contributed by atoms with Gasteiger partial charge < -0.3 is 4.90 Å². The Morgan fingerprint density at radius 3 is 2.53 bits per heavy atom. The van der Waals surface area contributed by atoms with Gasteiger partial charge in [0.05, 0.1) is 22.1 Å². The van der Waals surface area contributed by atoms with Gasteiger partial charge in [-0.25, -0.2) is 12.4 Å². The van der Waals surface area contributed by atoms with Crippen molar-refractivity contribution in [1.82, 2.24) is 18.7 Å². The summed E-state index contributed by atoms with van der Waals surface area (Å²) in [6.45, 7) is 7.27. The molecule has 0 fully saturated rings. The Hall–Kier alpha value is -3.23. The van der Waals surface area contributed by atoms with E-state index in [0.717, 1.165) is 30.5 Å². The van der Waals surface area contributed by atoms with Crippen LogP contribution in [-0.2, 0) is 10.0 Å². The van der Waals surface area contributed by atoms with Crippen LogP contribution >= 0.6 is 0 Å². The molecular formula is C26H28N4O3S. The molecule has 0 N–H and O–H groups in total. The highest BCUT2D eigenvalue weighted by Crippen LogP contribution is 2.33. The van der Waals surface area contributed by atoms with Gasteiger partial charge in [0.25, 0.3) is 15.9 Å². The third-order valence-electron chi connectivity index (χ3n) is 6.37. The highest BCUT2D eigenvalue weighted by Gasteiger charge is 2.27. The van der Waals surface area contributed by atoms with E-state index in [0.29, 0.717) is 16.4 Å². The van der Waals surface area contributed by atoms with E-state index in [4.69, 9.17) is 0 Å². The van der Waals surface area contributed by atoms with Crippen molar-refractivity contribution in [2.45, 2.75) is 32.1 Å². The number of likely N-dealkylation sites (N-methyl/N-ethyl adjacent to an activating group) is 1. The van der Waals surface area contributed by atoms with Crippen LogP contribution in [0.2, 0.25) is 0 Å². The number of fused-ring (bicyclic) bond motifs is 2. The molecule has 0 atom stereocenters. The summed E-state index contributed by atoms with van der Waals surface area (Å²) in [7, 11) is -1.79. The molecule has 8 heteroatoms. The first-order valence-electron chi connectivity index (χ1n) is 11.3. The Kier molecular flexibility index (Phi) is 5.26. The van der Waals surface area contributed by atoms with Crippen molar-refractivity contribution in [3.63, 3.8) is 0 Å². The van der Waals surface area contributed by atoms with Crippen LogP contribution in [0.3, 0.4) is 0 Å². The maximum absolute atomic E-state index is 13.8. The summed E-state index contributed by atoms with van der Waals surface area (Å²) >= 11 is 0. The van der Waals surface area contributed by atoms with Crippen LogP contribution < -0.4 is 0 Å². The van der Waals surface area contributed by atoms with Gasteiger partial charge in [0.1, 0.15) is 0 Å². The molecule has 1 aliphatic heterocycles. The predicted octanol–water partition coefficient (Wildman–Crippen LogP) is 4.63. The van der Waals surface area contributed by atoms with E-state index in [1.165, 1.54) is 14.2 Å². The molecule has 176 valence electrons. The van der Waals surface area contributed by atoms with Gasteiger partial charge in [-0.15, -0.1) is 0 Å². The van der Waals surface area contributed by atoms with Crippen molar-refractivity contribution in [1.29, 1.82) is 0 Å². The molecule has 0 spiro atoms. The molecule has 0 bridgehead atoms. The Labute approximate surface area is 199 Å². The van der Waals surface area contributed by atoms with Crippen molar-refractivity contribution >= 4 is 43.3 Å². The second kappa shape index (κ2) is 7.92. The molecule has 2 aromatic heterocycles. The number of carbonyl (C=O) groups is 1. The fourth-order valence-corrected chi connectivity index (χ4v) is 5.79. The molecule has 0 amide bonds. The minimum Gasteiger partial charge on any atom is -0.302 e. The molecule has 5 rings (SSSR count). The highest BCUT2D eigenvalue weighted by molar-refractivity contribution is 7.90. The van der Waals surface area contributed by atoms with Gasteiger partial charge in [0.2, 0.25) is 0 Å². The number of para-hydroxylation sites is 1. The summed E-state index contributed by atoms with van der Waals surface area (Å²) in [6, 6.07) is 12.4. The Morgan fingerprint density at radius 1 is 1.06 bits per heavy atom. The predicted molar refractivity (Wildman–Crippen MR) is 134 cm³/mol. The Morgan fingerprint density at radius 2 is 1.82 bits per heavy atom. The van der Waals surface area contributed by atoms with Crippen molar-refractivity contribution in [3.05, 3.63) is 66.5 Å². The smallest absolute Gasteiger partial charge is 0.268 e. The largest absolute Gasteiger partial charge is 0.302 e. The molecule has 4 aromatic rings. The van der Waals surface area contributed by atoms with Gasteiger partial charge in [-0.2, -0.15) is 9.78 Å². The van der Waals surface area contributed by atoms with Crippen LogP contribution in [0.15, 0.2) is 65.8 Å². The molecule has 0 saturated heterocycles. The van der Waals surface area contributed by atoms with Gasteiger partial charge in [-0.05, 0) is 43.3 Å². The second-order valence-electron chi connectivity index (χ2n) is 9.93. The summed E-state index contributed by atoms with van der Waals surface area (Å²) in [6.07, 6.45) is 6.33. The molecular weight excluding hydrogens is 448 g/mol. The van der Waals surface area contributed by atoms with Crippen molar-refractivity contribution < 1.29 is 13.2 Å². The standard InChI is InChI=1S/C26H28N4O3S/c1-26(2,3)25(31)30-23-10-9-20(15-19(23)16-27-30)34(32,33)29-17-22(18-11-13-28(4)14-12-18)21-7-5-6-8-24(21)29/h5-11,15-17H,12-14H2,1-4H3. The van der Waals surface area contributed by atoms with Crippen LogP contribution in [0, 0.1) is 5.41 Å². The zero-order valence-corrected chi connectivity index (χ0v) is 20.6. The number of hydrogen-bond acceptors (Lipinski definition) is 5. The van der Waals surface area contributed by atoms with E-state index in [1.54, 1.807) is 30.6 Å². The number of hydrogen-bond donors (Lipinski definition) is 0. The van der Waals surface area contributed by atoms with Crippen LogP contribution in [0.1, 0.15) is 37.6 Å². The molecule has 0 aliphatic carbocycles. The minimum atomic E-state index is -3.87. The first-order chi connectivity index (χ1) is 16.1. The zero-order chi connectivity index (χ0) is 24.3. The maximum Gasteiger partial charge on any atom is 0.268 e. The fourth-order valence-electron chi connectivity index (χ4n) is 4.38. The molecule has 0 saturated carbocycles. The van der Waals surface area contributed by atoms with Crippen LogP contribution in [0.4, 0.5) is 0 Å². The van der Waals surface area contributed by atoms with E-state index in [1.807, 2.05) is 45.0 Å². The molecule has 34 heavy (non-hydrogen) atoms. The van der Waals surface area contributed by atoms with Gasteiger partial charge in [0, 0.05) is 41.0 Å². The highest BCUT2D eigenvalue weighted by atomic mass is 32.2. The molecule has 3 heterocycles. The fraction of sp³-hybridized carbons (Fsp3) is 0.308. The third-order valence-corrected chi connectivity index (χ3v) is 8.04. The lowest BCUT2D eigenvalue weighted by Crippen LogP contribution is -2.27. The van der Waals surface area contributed by atoms with Crippen LogP contribution in [-0.4, -0.2) is 53.1 Å². The average molecular weight is 477 g/mol. The monoisotopic (exact) mass is 476 g/mol. The van der Waals surface area contributed by atoms with Crippen LogP contribution in [0.25, 0.3) is 27.4 Å². The molecule has 2 aromatic carbocycles. The normalized spacial score (nSPS) is 15.7. The van der Waals surface area contributed by atoms with E-state index < -0.39 is 15.4 Å². The number of aromatic nitrogens is 3. The van der Waals surface area contributed by atoms with Crippen molar-refractivity contribution in [3.8, 4) is 0 Å². The molecule has 7 nitrogen and oxygen atoms in total. The molecule has 0 unspecified atom stereocenters. The number of nitrogens with zero attached hydrogens (tertiary/aromatic N) is 4. The quantitative estimate of drug-likeness (QED) is 0.431. The zero-order valence-electron chi connectivity index (χ0n) is 19.8. The SMILES string of the molecule is CN1CC=C(c2cn(S(=O)(=O)c3ccc4c(cnn4C(=O)C(C)(C)C)c3)c3ccccc23)CC1. The summed E-state index contributed by atoms with van der Waals surface area (Å²) in [4.78, 5) is 15.1. The first kappa shape index (κ1) is 22.6. The maximum atomic E-state index is 13.8. The van der Waals surface area contributed by atoms with Gasteiger partial charge in [-0.3, -0.25) is 4.79 Å². The van der Waals surface area contributed by atoms with E-state index in [9.17, 15) is 13.2 Å². The Bertz CT molecular complexity index is 1570. The van der Waals surface area contributed by atoms with Gasteiger partial charge in [0.15, 0.2) is 0 Å². The number of rotatable bonds is 3. The number of benzene rings is 2. The summed E-state index contributed by atoms with van der Waals surface area (Å²) in [5, 5.41) is 5.76.